The van der Waals surface area contributed by atoms with Gasteiger partial charge in [-0.3, -0.25) is 9.52 Å². The minimum atomic E-state index is -5.81. The highest BCUT2D eigenvalue weighted by molar-refractivity contribution is 7.93. The first-order chi connectivity index (χ1) is 16.2. The van der Waals surface area contributed by atoms with Gasteiger partial charge in [-0.15, -0.1) is 20.4 Å². The standard InChI is InChI=1S/C18H18F6N6O3S2/c1-3-10-6-5-9-7-11(25-27-16-28-26-15(34-16)14(31)17(19,20)21)12(8-13(9)30(10)4-2)29-35(32,33)18(22,23)24/h7-8,10,29H,3-6H2,1-2H3. The summed E-state index contributed by atoms with van der Waals surface area (Å²) in [4.78, 5) is 13.2. The summed E-state index contributed by atoms with van der Waals surface area (Å²) in [7, 11) is -5.81. The van der Waals surface area contributed by atoms with E-state index in [9.17, 15) is 39.6 Å². The number of azo groups is 1. The van der Waals surface area contributed by atoms with Gasteiger partial charge >= 0.3 is 21.7 Å². The average Bonchev–Trinajstić information content (AvgIpc) is 3.23. The largest absolute Gasteiger partial charge is 0.516 e. The maximum atomic E-state index is 13.0. The maximum absolute atomic E-state index is 13.0. The smallest absolute Gasteiger partial charge is 0.369 e. The number of carbonyl (C=O) groups excluding carboxylic acids is 1. The molecule has 1 aliphatic heterocycles. The molecular formula is C18H18F6N6O3S2. The number of carbonyl (C=O) groups is 1. The first-order valence-electron chi connectivity index (χ1n) is 10.1. The number of aromatic nitrogens is 2. The second-order valence-corrected chi connectivity index (χ2v) is 9.98. The van der Waals surface area contributed by atoms with Gasteiger partial charge in [-0.1, -0.05) is 18.3 Å². The molecule has 3 rings (SSSR count). The van der Waals surface area contributed by atoms with Crippen LogP contribution in [0.25, 0.3) is 0 Å². The SMILES string of the molecule is CCC1CCc2cc(N=Nc3nnc(C(=O)C(F)(F)F)s3)c(NS(=O)(=O)C(F)(F)F)cc2N1CC. The van der Waals surface area contributed by atoms with E-state index in [1.54, 1.807) is 0 Å². The number of halogens is 6. The first kappa shape index (κ1) is 26.8. The number of nitrogens with zero attached hydrogens (tertiary/aromatic N) is 5. The number of fused-ring (bicyclic) bond motifs is 1. The molecular weight excluding hydrogens is 526 g/mol. The van der Waals surface area contributed by atoms with Crippen LogP contribution in [-0.4, -0.2) is 48.7 Å². The van der Waals surface area contributed by atoms with E-state index in [0.29, 0.717) is 24.2 Å². The highest BCUT2D eigenvalue weighted by Gasteiger charge is 2.46. The lowest BCUT2D eigenvalue weighted by molar-refractivity contribution is -0.0885. The summed E-state index contributed by atoms with van der Waals surface area (Å²) in [5.74, 6) is -2.24. The Balaban J connectivity index is 2.05. The molecule has 1 unspecified atom stereocenters. The Hall–Kier alpha value is -2.82. The number of hydrogen-bond acceptors (Lipinski definition) is 9. The molecule has 1 aromatic carbocycles. The lowest BCUT2D eigenvalue weighted by Gasteiger charge is -2.38. The van der Waals surface area contributed by atoms with Crippen LogP contribution < -0.4 is 9.62 Å². The van der Waals surface area contributed by atoms with Crippen LogP contribution in [0.5, 0.6) is 0 Å². The van der Waals surface area contributed by atoms with Crippen LogP contribution >= 0.6 is 11.3 Å². The van der Waals surface area contributed by atoms with Crippen molar-refractivity contribution in [3.05, 3.63) is 22.7 Å². The number of hydrogen-bond donors (Lipinski definition) is 1. The van der Waals surface area contributed by atoms with Crippen molar-refractivity contribution in [2.75, 3.05) is 16.2 Å². The van der Waals surface area contributed by atoms with Crippen molar-refractivity contribution < 1.29 is 39.6 Å². The van der Waals surface area contributed by atoms with Gasteiger partial charge in [-0.05, 0) is 43.9 Å². The number of Topliss-reactive ketones (excluding diaryl/α,β-unsaturated/α-hetero) is 1. The number of nitrogens with one attached hydrogen (secondary N) is 1. The maximum Gasteiger partial charge on any atom is 0.516 e. The molecule has 0 saturated heterocycles. The van der Waals surface area contributed by atoms with E-state index in [2.05, 4.69) is 20.4 Å². The van der Waals surface area contributed by atoms with Crippen molar-refractivity contribution in [2.24, 2.45) is 10.2 Å². The van der Waals surface area contributed by atoms with Crippen molar-refractivity contribution in [1.29, 1.82) is 0 Å². The Bertz CT molecular complexity index is 1240. The van der Waals surface area contributed by atoms with Gasteiger partial charge in [0.05, 0.1) is 5.69 Å². The predicted molar refractivity (Wildman–Crippen MR) is 115 cm³/mol. The summed E-state index contributed by atoms with van der Waals surface area (Å²) in [6.07, 6.45) is -3.16. The van der Waals surface area contributed by atoms with Gasteiger partial charge in [0.15, 0.2) is 5.01 Å². The quantitative estimate of drug-likeness (QED) is 0.279. The molecule has 1 aliphatic rings. The van der Waals surface area contributed by atoms with Crippen LogP contribution in [-0.2, 0) is 16.4 Å². The van der Waals surface area contributed by atoms with E-state index in [0.717, 1.165) is 12.8 Å². The van der Waals surface area contributed by atoms with Gasteiger partial charge in [-0.2, -0.15) is 34.8 Å². The molecule has 0 saturated carbocycles. The monoisotopic (exact) mass is 544 g/mol. The van der Waals surface area contributed by atoms with Crippen LogP contribution in [0.15, 0.2) is 22.4 Å². The molecule has 192 valence electrons. The van der Waals surface area contributed by atoms with Crippen LogP contribution in [0, 0.1) is 0 Å². The highest BCUT2D eigenvalue weighted by Crippen LogP contribution is 2.41. The fourth-order valence-corrected chi connectivity index (χ4v) is 4.74. The summed E-state index contributed by atoms with van der Waals surface area (Å²) >= 11 is 0.167. The Morgan fingerprint density at radius 2 is 1.86 bits per heavy atom. The summed E-state index contributed by atoms with van der Waals surface area (Å²) in [6.45, 7) is 4.31. The summed E-state index contributed by atoms with van der Waals surface area (Å²) in [5.41, 5.74) is -5.26. The molecule has 0 radical (unpaired) electrons. The van der Waals surface area contributed by atoms with E-state index < -0.39 is 43.3 Å². The first-order valence-corrected chi connectivity index (χ1v) is 12.4. The van der Waals surface area contributed by atoms with E-state index in [-0.39, 0.29) is 23.1 Å². The molecule has 1 N–H and O–H groups in total. The van der Waals surface area contributed by atoms with E-state index in [4.69, 9.17) is 0 Å². The molecule has 2 aromatic rings. The van der Waals surface area contributed by atoms with Gasteiger partial charge in [0.25, 0.3) is 10.9 Å². The fourth-order valence-electron chi connectivity index (χ4n) is 3.55. The van der Waals surface area contributed by atoms with Gasteiger partial charge in [0.2, 0.25) is 0 Å². The van der Waals surface area contributed by atoms with Crippen LogP contribution in [0.1, 0.15) is 42.1 Å². The Morgan fingerprint density at radius 3 is 2.43 bits per heavy atom. The number of anilines is 2. The third kappa shape index (κ3) is 5.71. The number of rotatable bonds is 7. The van der Waals surface area contributed by atoms with E-state index in [1.165, 1.54) is 16.9 Å². The van der Waals surface area contributed by atoms with Gasteiger partial charge in [-0.25, -0.2) is 0 Å². The number of aryl methyl sites for hydroxylation is 1. The summed E-state index contributed by atoms with van der Waals surface area (Å²) in [6, 6.07) is 2.67. The number of sulfonamides is 1. The molecule has 1 aromatic heterocycles. The van der Waals surface area contributed by atoms with Crippen molar-refractivity contribution in [3.63, 3.8) is 0 Å². The number of ketones is 1. The predicted octanol–water partition coefficient (Wildman–Crippen LogP) is 5.51. The fraction of sp³-hybridized carbons (Fsp3) is 0.500. The summed E-state index contributed by atoms with van der Waals surface area (Å²) < 4.78 is 102. The third-order valence-electron chi connectivity index (χ3n) is 5.16. The zero-order valence-corrected chi connectivity index (χ0v) is 19.7. The van der Waals surface area contributed by atoms with Crippen molar-refractivity contribution >= 4 is 49.3 Å². The molecule has 2 heterocycles. The second kappa shape index (κ2) is 9.67. The molecule has 9 nitrogen and oxygen atoms in total. The summed E-state index contributed by atoms with van der Waals surface area (Å²) in [5, 5.41) is 12.2. The van der Waals surface area contributed by atoms with Gasteiger partial charge in [0, 0.05) is 18.3 Å². The topological polar surface area (TPSA) is 117 Å². The van der Waals surface area contributed by atoms with Crippen molar-refractivity contribution in [1.82, 2.24) is 10.2 Å². The lowest BCUT2D eigenvalue weighted by Crippen LogP contribution is -2.39. The molecule has 0 bridgehead atoms. The van der Waals surface area contributed by atoms with Crippen LogP contribution in [0.2, 0.25) is 0 Å². The highest BCUT2D eigenvalue weighted by atomic mass is 32.2. The minimum Gasteiger partial charge on any atom is -0.369 e. The number of alkyl halides is 6. The number of benzene rings is 1. The van der Waals surface area contributed by atoms with Crippen molar-refractivity contribution in [2.45, 2.75) is 50.8 Å². The van der Waals surface area contributed by atoms with E-state index >= 15 is 0 Å². The van der Waals surface area contributed by atoms with Crippen molar-refractivity contribution in [3.8, 4) is 0 Å². The molecule has 0 aliphatic carbocycles. The Kier molecular flexibility index (Phi) is 7.40. The van der Waals surface area contributed by atoms with Gasteiger partial charge in [0.1, 0.15) is 5.69 Å². The molecule has 17 heteroatoms. The zero-order chi connectivity index (χ0) is 26.2. The molecule has 0 fully saturated rings. The molecule has 1 atom stereocenters. The molecule has 0 amide bonds. The third-order valence-corrected chi connectivity index (χ3v) is 7.07. The normalized spacial score (nSPS) is 17.0. The Labute approximate surface area is 199 Å². The van der Waals surface area contributed by atoms with E-state index in [1.807, 2.05) is 18.7 Å². The Morgan fingerprint density at radius 1 is 1.17 bits per heavy atom. The van der Waals surface area contributed by atoms with Crippen LogP contribution in [0.4, 0.5) is 48.5 Å². The van der Waals surface area contributed by atoms with Crippen LogP contribution in [0.3, 0.4) is 0 Å². The second-order valence-electron chi connectivity index (χ2n) is 7.35. The average molecular weight is 545 g/mol. The zero-order valence-electron chi connectivity index (χ0n) is 18.1. The lowest BCUT2D eigenvalue weighted by atomic mass is 9.93. The molecule has 0 spiro atoms. The molecule has 35 heavy (non-hydrogen) atoms. The minimum absolute atomic E-state index is 0.0954. The van der Waals surface area contributed by atoms with Gasteiger partial charge < -0.3 is 4.90 Å².